The number of carbonyl (C=O) groups excluding carboxylic acids is 2. The van der Waals surface area contributed by atoms with E-state index in [1.807, 2.05) is 19.9 Å². The lowest BCUT2D eigenvalue weighted by molar-refractivity contribution is -0.122. The van der Waals surface area contributed by atoms with Crippen molar-refractivity contribution < 1.29 is 14.7 Å². The van der Waals surface area contributed by atoms with Gasteiger partial charge in [0.25, 0.3) is 5.91 Å². The van der Waals surface area contributed by atoms with Crippen LogP contribution in [0.2, 0.25) is 0 Å². The van der Waals surface area contributed by atoms with Crippen molar-refractivity contribution in [3.8, 4) is 0 Å². The summed E-state index contributed by atoms with van der Waals surface area (Å²) in [5.41, 5.74) is -0.0890. The third-order valence-electron chi connectivity index (χ3n) is 3.51. The van der Waals surface area contributed by atoms with Gasteiger partial charge in [0.05, 0.1) is 18.7 Å². The number of hydrogen-bond acceptors (Lipinski definition) is 3. The van der Waals surface area contributed by atoms with Gasteiger partial charge in [-0.3, -0.25) is 9.59 Å². The molecule has 3 N–H and O–H groups in total. The smallest absolute Gasteiger partial charge is 0.251 e. The fourth-order valence-corrected chi connectivity index (χ4v) is 1.88. The van der Waals surface area contributed by atoms with Crippen LogP contribution >= 0.6 is 0 Å². The first kappa shape index (κ1) is 16.2. The number of carbonyl (C=O) groups is 2. The highest BCUT2D eigenvalue weighted by atomic mass is 16.3. The average Bonchev–Trinajstić information content (AvgIpc) is 2.51. The number of hydrogen-bond donors (Lipinski definition) is 3. The summed E-state index contributed by atoms with van der Waals surface area (Å²) < 4.78 is 0. The monoisotopic (exact) mass is 278 g/mol. The first-order chi connectivity index (χ1) is 9.56. The molecular weight excluding hydrogens is 256 g/mol. The van der Waals surface area contributed by atoms with Gasteiger partial charge < -0.3 is 15.7 Å². The van der Waals surface area contributed by atoms with E-state index in [1.54, 1.807) is 24.3 Å². The van der Waals surface area contributed by atoms with E-state index in [1.165, 1.54) is 0 Å². The van der Waals surface area contributed by atoms with E-state index in [4.69, 9.17) is 0 Å². The van der Waals surface area contributed by atoms with E-state index < -0.39 is 5.54 Å². The van der Waals surface area contributed by atoms with E-state index in [2.05, 4.69) is 10.6 Å². The van der Waals surface area contributed by atoms with Gasteiger partial charge in [-0.2, -0.15) is 0 Å². The highest BCUT2D eigenvalue weighted by molar-refractivity contribution is 5.96. The fourth-order valence-electron chi connectivity index (χ4n) is 1.88. The van der Waals surface area contributed by atoms with Gasteiger partial charge in [0, 0.05) is 5.56 Å². The first-order valence-electron chi connectivity index (χ1n) is 6.82. The van der Waals surface area contributed by atoms with E-state index in [0.717, 1.165) is 0 Å². The lowest BCUT2D eigenvalue weighted by Crippen LogP contribution is -2.53. The van der Waals surface area contributed by atoms with Crippen molar-refractivity contribution in [3.05, 3.63) is 35.9 Å². The third kappa shape index (κ3) is 4.35. The van der Waals surface area contributed by atoms with Crippen molar-refractivity contribution in [2.24, 2.45) is 0 Å². The van der Waals surface area contributed by atoms with Crippen molar-refractivity contribution in [2.45, 2.75) is 32.2 Å². The molecule has 0 aliphatic rings. The van der Waals surface area contributed by atoms with Crippen LogP contribution in [0.4, 0.5) is 0 Å². The average molecular weight is 278 g/mol. The van der Waals surface area contributed by atoms with E-state index >= 15 is 0 Å². The van der Waals surface area contributed by atoms with Crippen molar-refractivity contribution in [1.29, 1.82) is 0 Å². The summed E-state index contributed by atoms with van der Waals surface area (Å²) in [6.45, 7) is 3.60. The number of aliphatic hydroxyl groups excluding tert-OH is 1. The van der Waals surface area contributed by atoms with Gasteiger partial charge in [-0.05, 0) is 25.0 Å². The Bertz CT molecular complexity index is 433. The van der Waals surface area contributed by atoms with Crippen LogP contribution in [0.15, 0.2) is 30.3 Å². The van der Waals surface area contributed by atoms with Crippen molar-refractivity contribution in [3.63, 3.8) is 0 Å². The third-order valence-corrected chi connectivity index (χ3v) is 3.51. The van der Waals surface area contributed by atoms with Gasteiger partial charge in [0.1, 0.15) is 0 Å². The number of aliphatic hydroxyl groups is 1. The zero-order valence-electron chi connectivity index (χ0n) is 12.0. The molecule has 0 heterocycles. The quantitative estimate of drug-likeness (QED) is 0.698. The molecule has 110 valence electrons. The van der Waals surface area contributed by atoms with Crippen LogP contribution in [0, 0.1) is 0 Å². The topological polar surface area (TPSA) is 78.4 Å². The molecule has 1 aromatic rings. The van der Waals surface area contributed by atoms with E-state index in [9.17, 15) is 14.7 Å². The maximum atomic E-state index is 11.8. The minimum atomic E-state index is -0.603. The molecule has 0 radical (unpaired) electrons. The molecule has 0 aliphatic carbocycles. The van der Waals surface area contributed by atoms with Crippen molar-refractivity contribution in [1.82, 2.24) is 10.6 Å². The number of rotatable bonds is 7. The Balaban J connectivity index is 2.50. The molecule has 0 atom stereocenters. The van der Waals surface area contributed by atoms with Crippen LogP contribution in [-0.2, 0) is 4.79 Å². The van der Waals surface area contributed by atoms with Crippen LogP contribution in [0.25, 0.3) is 0 Å². The second-order valence-corrected chi connectivity index (χ2v) is 4.74. The molecule has 1 rings (SSSR count). The summed E-state index contributed by atoms with van der Waals surface area (Å²) in [4.78, 5) is 23.6. The van der Waals surface area contributed by atoms with Gasteiger partial charge in [-0.25, -0.2) is 0 Å². The van der Waals surface area contributed by atoms with Crippen LogP contribution in [0.1, 0.15) is 37.0 Å². The molecule has 20 heavy (non-hydrogen) atoms. The summed E-state index contributed by atoms with van der Waals surface area (Å²) >= 11 is 0. The zero-order valence-corrected chi connectivity index (χ0v) is 12.0. The van der Waals surface area contributed by atoms with Gasteiger partial charge in [0.15, 0.2) is 0 Å². The molecule has 0 fully saturated rings. The molecule has 1 aromatic carbocycles. The van der Waals surface area contributed by atoms with Crippen LogP contribution in [-0.4, -0.2) is 35.6 Å². The first-order valence-corrected chi connectivity index (χ1v) is 6.82. The molecule has 0 saturated carbocycles. The summed E-state index contributed by atoms with van der Waals surface area (Å²) in [6.07, 6.45) is 1.27. The number of benzene rings is 1. The Morgan fingerprint density at radius 2 is 1.75 bits per heavy atom. The summed E-state index contributed by atoms with van der Waals surface area (Å²) in [7, 11) is 0. The SMILES string of the molecule is CCC(CC)(CO)NC(=O)CNC(=O)c1ccccc1. The maximum absolute atomic E-state index is 11.8. The van der Waals surface area contributed by atoms with Crippen LogP contribution in [0.5, 0.6) is 0 Å². The molecular formula is C15H22N2O3. The molecule has 2 amide bonds. The van der Waals surface area contributed by atoms with E-state index in [0.29, 0.717) is 18.4 Å². The lowest BCUT2D eigenvalue weighted by Gasteiger charge is -2.30. The zero-order chi connectivity index (χ0) is 15.0. The van der Waals surface area contributed by atoms with E-state index in [-0.39, 0.29) is 25.0 Å². The molecule has 0 spiro atoms. The maximum Gasteiger partial charge on any atom is 0.251 e. The molecule has 0 aliphatic heterocycles. The van der Waals surface area contributed by atoms with Gasteiger partial charge in [-0.1, -0.05) is 32.0 Å². The van der Waals surface area contributed by atoms with Crippen LogP contribution in [0.3, 0.4) is 0 Å². The lowest BCUT2D eigenvalue weighted by atomic mass is 9.94. The predicted octanol–water partition coefficient (Wildman–Crippen LogP) is 1.08. The molecule has 0 bridgehead atoms. The summed E-state index contributed by atoms with van der Waals surface area (Å²) in [6, 6.07) is 8.72. The Kier molecular flexibility index (Phi) is 6.18. The standard InChI is InChI=1S/C15H22N2O3/c1-3-15(4-2,11-18)17-13(19)10-16-14(20)12-8-6-5-7-9-12/h5-9,18H,3-4,10-11H2,1-2H3,(H,16,20)(H,17,19). The molecule has 0 saturated heterocycles. The second kappa shape index (κ2) is 7.65. The van der Waals surface area contributed by atoms with Gasteiger partial charge in [-0.15, -0.1) is 0 Å². The molecule has 5 heteroatoms. The summed E-state index contributed by atoms with van der Waals surface area (Å²) in [5.74, 6) is -0.588. The summed E-state index contributed by atoms with van der Waals surface area (Å²) in [5, 5.41) is 14.7. The Morgan fingerprint density at radius 1 is 1.15 bits per heavy atom. The Morgan fingerprint density at radius 3 is 2.25 bits per heavy atom. The number of nitrogens with one attached hydrogen (secondary N) is 2. The normalized spacial score (nSPS) is 10.9. The second-order valence-electron chi connectivity index (χ2n) is 4.74. The highest BCUT2D eigenvalue weighted by Crippen LogP contribution is 2.13. The molecule has 5 nitrogen and oxygen atoms in total. The highest BCUT2D eigenvalue weighted by Gasteiger charge is 2.27. The van der Waals surface area contributed by atoms with Crippen molar-refractivity contribution in [2.75, 3.05) is 13.2 Å². The van der Waals surface area contributed by atoms with Gasteiger partial charge >= 0.3 is 0 Å². The van der Waals surface area contributed by atoms with Gasteiger partial charge in [0.2, 0.25) is 5.91 Å². The van der Waals surface area contributed by atoms with Crippen molar-refractivity contribution >= 4 is 11.8 Å². The largest absolute Gasteiger partial charge is 0.394 e. The minimum absolute atomic E-state index is 0.102. The molecule has 0 aromatic heterocycles. The fraction of sp³-hybridized carbons (Fsp3) is 0.467. The Hall–Kier alpha value is -1.88. The van der Waals surface area contributed by atoms with Crippen LogP contribution < -0.4 is 10.6 Å². The minimum Gasteiger partial charge on any atom is -0.394 e. The Labute approximate surface area is 119 Å². The predicted molar refractivity (Wildman–Crippen MR) is 77.3 cm³/mol. The number of amides is 2. The molecule has 0 unspecified atom stereocenters.